The van der Waals surface area contributed by atoms with E-state index in [1.54, 1.807) is 19.3 Å². The van der Waals surface area contributed by atoms with Crippen LogP contribution in [-0.2, 0) is 0 Å². The zero-order valence-corrected chi connectivity index (χ0v) is 15.8. The molecule has 0 aromatic heterocycles. The van der Waals surface area contributed by atoms with Crippen LogP contribution in [0.1, 0.15) is 92.4 Å². The maximum Gasteiger partial charge on any atom is -0.0241 e. The third kappa shape index (κ3) is 1.82. The highest BCUT2D eigenvalue weighted by molar-refractivity contribution is 5.11. The van der Waals surface area contributed by atoms with Crippen molar-refractivity contribution in [2.24, 2.45) is 45.8 Å². The fraction of sp³-hybridized carbons (Fsp3) is 1.00. The lowest BCUT2D eigenvalue weighted by Gasteiger charge is -2.65. The smallest absolute Gasteiger partial charge is 0.0241 e. The molecule has 0 heterocycles. The van der Waals surface area contributed by atoms with Crippen molar-refractivity contribution in [2.75, 3.05) is 0 Å². The van der Waals surface area contributed by atoms with Crippen molar-refractivity contribution in [3.05, 3.63) is 0 Å². The largest absolute Gasteiger partial charge is 0.0625 e. The summed E-state index contributed by atoms with van der Waals surface area (Å²) in [7, 11) is 0. The van der Waals surface area contributed by atoms with Gasteiger partial charge in [-0.1, -0.05) is 41.0 Å². The average Bonchev–Trinajstić information content (AvgIpc) is 2.76. The van der Waals surface area contributed by atoms with Crippen molar-refractivity contribution in [3.8, 4) is 0 Å². The van der Waals surface area contributed by atoms with Gasteiger partial charge in [0.2, 0.25) is 0 Å². The van der Waals surface area contributed by atoms with Crippen molar-refractivity contribution in [1.82, 2.24) is 0 Å². The first-order valence-electron chi connectivity index (χ1n) is 10.3. The molecule has 0 heteroatoms. The van der Waals surface area contributed by atoms with Crippen LogP contribution in [-0.4, -0.2) is 0 Å². The quantitative estimate of drug-likeness (QED) is 0.467. The van der Waals surface area contributed by atoms with Gasteiger partial charge in [-0.25, -0.2) is 0 Å². The van der Waals surface area contributed by atoms with Crippen LogP contribution < -0.4 is 0 Å². The maximum atomic E-state index is 2.72. The summed E-state index contributed by atoms with van der Waals surface area (Å²) in [6.07, 6.45) is 13.7. The lowest BCUT2D eigenvalue weighted by molar-refractivity contribution is -0.159. The number of hydrogen-bond acceptors (Lipinski definition) is 0. The van der Waals surface area contributed by atoms with E-state index < -0.39 is 0 Å². The Hall–Kier alpha value is 0. The molecule has 8 atom stereocenters. The zero-order chi connectivity index (χ0) is 15.8. The summed E-state index contributed by atoms with van der Waals surface area (Å²) >= 11 is 0. The molecule has 4 saturated carbocycles. The summed E-state index contributed by atoms with van der Waals surface area (Å²) in [5.74, 6) is 5.11. The van der Waals surface area contributed by atoms with E-state index in [2.05, 4.69) is 34.6 Å². The summed E-state index contributed by atoms with van der Waals surface area (Å²) in [4.78, 5) is 0. The van der Waals surface area contributed by atoms with Gasteiger partial charge in [-0.05, 0) is 97.2 Å². The fourth-order valence-electron chi connectivity index (χ4n) is 8.20. The molecule has 4 fully saturated rings. The van der Waals surface area contributed by atoms with Gasteiger partial charge in [-0.3, -0.25) is 0 Å². The van der Waals surface area contributed by atoms with Crippen LogP contribution >= 0.6 is 0 Å². The second-order valence-corrected chi connectivity index (χ2v) is 10.8. The standard InChI is InChI=1S/C22H38/c1-15-8-13-22(5)19-10-12-21(4)16(2)6-7-18(21)17(19)9-11-20(22,3)14-15/h15-19H,6-14H2,1-5H3. The Balaban J connectivity index is 1.67. The predicted octanol–water partition coefficient (Wildman–Crippen LogP) is 6.69. The molecule has 0 aromatic carbocycles. The molecule has 22 heavy (non-hydrogen) atoms. The van der Waals surface area contributed by atoms with E-state index in [1.165, 1.54) is 38.5 Å². The van der Waals surface area contributed by atoms with Crippen LogP contribution in [0.5, 0.6) is 0 Å². The van der Waals surface area contributed by atoms with Gasteiger partial charge < -0.3 is 0 Å². The van der Waals surface area contributed by atoms with E-state index >= 15 is 0 Å². The second-order valence-electron chi connectivity index (χ2n) is 10.8. The predicted molar refractivity (Wildman–Crippen MR) is 94.7 cm³/mol. The van der Waals surface area contributed by atoms with Gasteiger partial charge in [0.15, 0.2) is 0 Å². The van der Waals surface area contributed by atoms with Gasteiger partial charge in [-0.15, -0.1) is 0 Å². The Morgan fingerprint density at radius 3 is 2.27 bits per heavy atom. The average molecular weight is 303 g/mol. The van der Waals surface area contributed by atoms with Crippen LogP contribution in [0.2, 0.25) is 0 Å². The first-order chi connectivity index (χ1) is 10.3. The first-order valence-corrected chi connectivity index (χ1v) is 10.3. The van der Waals surface area contributed by atoms with E-state index in [0.717, 1.165) is 29.6 Å². The highest BCUT2D eigenvalue weighted by atomic mass is 14.7. The van der Waals surface area contributed by atoms with Crippen molar-refractivity contribution in [3.63, 3.8) is 0 Å². The summed E-state index contributed by atoms with van der Waals surface area (Å²) in [6.45, 7) is 13.1. The molecule has 0 radical (unpaired) electrons. The molecule has 4 aliphatic rings. The monoisotopic (exact) mass is 302 g/mol. The first kappa shape index (κ1) is 15.5. The van der Waals surface area contributed by atoms with E-state index in [0.29, 0.717) is 16.2 Å². The Labute approximate surface area is 138 Å². The van der Waals surface area contributed by atoms with Crippen molar-refractivity contribution < 1.29 is 0 Å². The lowest BCUT2D eigenvalue weighted by atomic mass is 9.40. The molecule has 4 rings (SSSR count). The SMILES string of the molecule is CC1CCC2(C)C3CCC4(C)C(C)CCC4C3CCC2(C)C1. The normalized spacial score (nSPS) is 61.2. The molecule has 4 aliphatic carbocycles. The van der Waals surface area contributed by atoms with E-state index in [9.17, 15) is 0 Å². The van der Waals surface area contributed by atoms with Gasteiger partial charge >= 0.3 is 0 Å². The number of hydrogen-bond donors (Lipinski definition) is 0. The van der Waals surface area contributed by atoms with E-state index in [1.807, 2.05) is 0 Å². The molecule has 8 unspecified atom stereocenters. The third-order valence-corrected chi connectivity index (χ3v) is 10.1. The molecule has 0 spiro atoms. The molecular formula is C22H38. The molecular weight excluding hydrogens is 264 g/mol. The van der Waals surface area contributed by atoms with Gasteiger partial charge in [0.25, 0.3) is 0 Å². The highest BCUT2D eigenvalue weighted by Gasteiger charge is 2.62. The van der Waals surface area contributed by atoms with Crippen LogP contribution in [0, 0.1) is 45.8 Å². The number of rotatable bonds is 0. The van der Waals surface area contributed by atoms with Gasteiger partial charge in [-0.2, -0.15) is 0 Å². The van der Waals surface area contributed by atoms with Gasteiger partial charge in [0.1, 0.15) is 0 Å². The highest BCUT2D eigenvalue weighted by Crippen LogP contribution is 2.70. The zero-order valence-electron chi connectivity index (χ0n) is 15.8. The van der Waals surface area contributed by atoms with E-state index in [-0.39, 0.29) is 0 Å². The lowest BCUT2D eigenvalue weighted by Crippen LogP contribution is -2.57. The molecule has 0 aromatic rings. The fourth-order valence-corrected chi connectivity index (χ4v) is 8.20. The minimum Gasteiger partial charge on any atom is -0.0625 e. The summed E-state index contributed by atoms with van der Waals surface area (Å²) in [6, 6.07) is 0. The minimum atomic E-state index is 0.643. The molecule has 0 nitrogen and oxygen atoms in total. The Bertz CT molecular complexity index is 453. The van der Waals surface area contributed by atoms with Crippen LogP contribution in [0.25, 0.3) is 0 Å². The van der Waals surface area contributed by atoms with Crippen LogP contribution in [0.15, 0.2) is 0 Å². The van der Waals surface area contributed by atoms with Gasteiger partial charge in [0, 0.05) is 0 Å². The summed E-state index contributed by atoms with van der Waals surface area (Å²) in [5, 5.41) is 0. The summed E-state index contributed by atoms with van der Waals surface area (Å²) in [5.41, 5.74) is 1.98. The van der Waals surface area contributed by atoms with E-state index in [4.69, 9.17) is 0 Å². The van der Waals surface area contributed by atoms with Crippen LogP contribution in [0.4, 0.5) is 0 Å². The minimum absolute atomic E-state index is 0.643. The van der Waals surface area contributed by atoms with Crippen LogP contribution in [0.3, 0.4) is 0 Å². The van der Waals surface area contributed by atoms with Gasteiger partial charge in [0.05, 0.1) is 0 Å². The number of fused-ring (bicyclic) bond motifs is 5. The Kier molecular flexibility index (Phi) is 3.36. The molecule has 126 valence electrons. The molecule has 0 bridgehead atoms. The Morgan fingerprint density at radius 2 is 1.50 bits per heavy atom. The molecule has 0 amide bonds. The topological polar surface area (TPSA) is 0 Å². The Morgan fingerprint density at radius 1 is 0.727 bits per heavy atom. The van der Waals surface area contributed by atoms with Crippen molar-refractivity contribution in [1.29, 1.82) is 0 Å². The maximum absolute atomic E-state index is 2.72. The molecule has 0 saturated heterocycles. The third-order valence-electron chi connectivity index (χ3n) is 10.1. The van der Waals surface area contributed by atoms with Crippen molar-refractivity contribution in [2.45, 2.75) is 92.4 Å². The second kappa shape index (κ2) is 4.76. The molecule has 0 N–H and O–H groups in total. The summed E-state index contributed by atoms with van der Waals surface area (Å²) < 4.78 is 0. The molecule has 0 aliphatic heterocycles. The van der Waals surface area contributed by atoms with Crippen molar-refractivity contribution >= 4 is 0 Å².